The molecule has 3 aromatic carbocycles. The lowest BCUT2D eigenvalue weighted by Gasteiger charge is -2.31. The molecule has 1 amide bonds. The topological polar surface area (TPSA) is 47.6 Å². The Labute approximate surface area is 232 Å². The van der Waals surface area contributed by atoms with Crippen LogP contribution in [0.3, 0.4) is 0 Å². The Bertz CT molecular complexity index is 1270. The summed E-state index contributed by atoms with van der Waals surface area (Å²) in [5.74, 6) is 0.328. The predicted octanol–water partition coefficient (Wildman–Crippen LogP) is 5.10. The first kappa shape index (κ1) is 27.5. The van der Waals surface area contributed by atoms with Crippen LogP contribution in [-0.2, 0) is 19.5 Å². The Morgan fingerprint density at radius 1 is 0.974 bits per heavy atom. The van der Waals surface area contributed by atoms with Crippen LogP contribution in [0.2, 0.25) is 0 Å². The van der Waals surface area contributed by atoms with Gasteiger partial charge in [0.25, 0.3) is 5.91 Å². The van der Waals surface area contributed by atoms with E-state index in [4.69, 9.17) is 0 Å². The molecule has 2 fully saturated rings. The van der Waals surface area contributed by atoms with Crippen molar-refractivity contribution in [3.05, 3.63) is 94.8 Å². The smallest absolute Gasteiger partial charge is 0.251 e. The molecule has 5 rings (SSSR count). The van der Waals surface area contributed by atoms with Gasteiger partial charge in [0.2, 0.25) is 0 Å². The first-order valence-electron chi connectivity index (χ1n) is 14.3. The van der Waals surface area contributed by atoms with Gasteiger partial charge < -0.3 is 15.5 Å². The zero-order valence-corrected chi connectivity index (χ0v) is 23.3. The highest BCUT2D eigenvalue weighted by molar-refractivity contribution is 5.94. The molecule has 2 saturated heterocycles. The van der Waals surface area contributed by atoms with Crippen molar-refractivity contribution in [2.75, 3.05) is 39.8 Å². The van der Waals surface area contributed by atoms with Gasteiger partial charge in [-0.2, -0.15) is 0 Å². The van der Waals surface area contributed by atoms with Crippen molar-refractivity contribution in [2.45, 2.75) is 45.3 Å². The molecule has 39 heavy (non-hydrogen) atoms. The average molecular weight is 529 g/mol. The summed E-state index contributed by atoms with van der Waals surface area (Å²) in [7, 11) is 2.18. The number of hydrogen-bond donors (Lipinski definition) is 2. The first-order valence-corrected chi connectivity index (χ1v) is 14.3. The van der Waals surface area contributed by atoms with E-state index >= 15 is 0 Å². The Balaban J connectivity index is 1.21. The van der Waals surface area contributed by atoms with Crippen LogP contribution in [0, 0.1) is 11.7 Å². The summed E-state index contributed by atoms with van der Waals surface area (Å²) in [4.78, 5) is 17.8. The zero-order chi connectivity index (χ0) is 27.2. The van der Waals surface area contributed by atoms with Gasteiger partial charge in [-0.25, -0.2) is 4.39 Å². The van der Waals surface area contributed by atoms with Crippen LogP contribution in [-0.4, -0.2) is 61.5 Å². The molecule has 0 aromatic heterocycles. The van der Waals surface area contributed by atoms with Gasteiger partial charge in [0.05, 0.1) is 0 Å². The number of hydrogen-bond acceptors (Lipinski definition) is 4. The van der Waals surface area contributed by atoms with Gasteiger partial charge in [-0.1, -0.05) is 36.4 Å². The standard InChI is InChI=1S/C33H41FN4O/c1-24-22-38(16-13-35-24)23-28-6-4-7-29(19-28)31-20-27(9-10-32(31)34)21-36-33(39)30-8-3-5-26(18-30)17-25-11-14-37(2)15-12-25/h3-10,18-20,24-25,35H,11-17,21-23H2,1-2H3,(H,36,39)/t24-/m0/s1. The maximum absolute atomic E-state index is 14.9. The van der Waals surface area contributed by atoms with Crippen molar-refractivity contribution >= 4 is 5.91 Å². The Hall–Kier alpha value is -3.06. The van der Waals surface area contributed by atoms with E-state index in [0.29, 0.717) is 29.6 Å². The number of carbonyl (C=O) groups excluding carboxylic acids is 1. The second-order valence-electron chi connectivity index (χ2n) is 11.4. The largest absolute Gasteiger partial charge is 0.348 e. The summed E-state index contributed by atoms with van der Waals surface area (Å²) < 4.78 is 14.9. The predicted molar refractivity (Wildman–Crippen MR) is 156 cm³/mol. The summed E-state index contributed by atoms with van der Waals surface area (Å²) >= 11 is 0. The minimum absolute atomic E-state index is 0.0988. The van der Waals surface area contributed by atoms with E-state index in [-0.39, 0.29) is 11.7 Å². The SMILES string of the molecule is C[C@H]1CN(Cc2cccc(-c3cc(CNC(=O)c4cccc(CC5CCN(C)CC5)c4)ccc3F)c2)CCN1. The summed E-state index contributed by atoms with van der Waals surface area (Å²) in [5, 5.41) is 6.52. The molecule has 2 aliphatic rings. The second kappa shape index (κ2) is 12.9. The first-order chi connectivity index (χ1) is 18.9. The van der Waals surface area contributed by atoms with Crippen LogP contribution in [0.15, 0.2) is 66.7 Å². The quantitative estimate of drug-likeness (QED) is 0.427. The molecule has 0 saturated carbocycles. The van der Waals surface area contributed by atoms with Crippen LogP contribution in [0.25, 0.3) is 11.1 Å². The highest BCUT2D eigenvalue weighted by Gasteiger charge is 2.18. The fourth-order valence-electron chi connectivity index (χ4n) is 5.88. The maximum Gasteiger partial charge on any atom is 0.251 e. The summed E-state index contributed by atoms with van der Waals surface area (Å²) in [6, 6.07) is 21.7. The van der Waals surface area contributed by atoms with Crippen LogP contribution >= 0.6 is 0 Å². The lowest BCUT2D eigenvalue weighted by molar-refractivity contribution is 0.0950. The lowest BCUT2D eigenvalue weighted by atomic mass is 9.90. The molecule has 2 heterocycles. The lowest BCUT2D eigenvalue weighted by Crippen LogP contribution is -2.48. The van der Waals surface area contributed by atoms with Crippen molar-refractivity contribution < 1.29 is 9.18 Å². The third kappa shape index (κ3) is 7.53. The fourth-order valence-corrected chi connectivity index (χ4v) is 5.88. The van der Waals surface area contributed by atoms with Gasteiger partial charge in [-0.05, 0) is 105 Å². The highest BCUT2D eigenvalue weighted by Crippen LogP contribution is 2.26. The number of rotatable bonds is 8. The van der Waals surface area contributed by atoms with Gasteiger partial charge in [-0.15, -0.1) is 0 Å². The number of likely N-dealkylation sites (tertiary alicyclic amines) is 1. The van der Waals surface area contributed by atoms with Crippen molar-refractivity contribution in [3.63, 3.8) is 0 Å². The third-order valence-corrected chi connectivity index (χ3v) is 8.13. The monoisotopic (exact) mass is 528 g/mol. The van der Waals surface area contributed by atoms with E-state index in [1.807, 2.05) is 36.4 Å². The molecule has 2 N–H and O–H groups in total. The van der Waals surface area contributed by atoms with Gasteiger partial charge in [0, 0.05) is 49.9 Å². The number of piperidine rings is 1. The molecule has 1 atom stereocenters. The van der Waals surface area contributed by atoms with E-state index < -0.39 is 0 Å². The highest BCUT2D eigenvalue weighted by atomic mass is 19.1. The molecular weight excluding hydrogens is 487 g/mol. The number of benzene rings is 3. The summed E-state index contributed by atoms with van der Waals surface area (Å²) in [5.41, 5.74) is 5.39. The van der Waals surface area contributed by atoms with Crippen LogP contribution in [0.5, 0.6) is 0 Å². The fraction of sp³-hybridized carbons (Fsp3) is 0.424. The zero-order valence-electron chi connectivity index (χ0n) is 23.3. The van der Waals surface area contributed by atoms with Gasteiger partial charge in [0.1, 0.15) is 5.82 Å². The van der Waals surface area contributed by atoms with Gasteiger partial charge >= 0.3 is 0 Å². The number of nitrogens with zero attached hydrogens (tertiary/aromatic N) is 2. The molecule has 0 spiro atoms. The molecular formula is C33H41FN4O. The Kier molecular flexibility index (Phi) is 9.07. The van der Waals surface area contributed by atoms with Crippen LogP contribution in [0.4, 0.5) is 4.39 Å². The Morgan fingerprint density at radius 3 is 2.59 bits per heavy atom. The van der Waals surface area contributed by atoms with E-state index in [0.717, 1.165) is 56.8 Å². The molecule has 3 aromatic rings. The van der Waals surface area contributed by atoms with Crippen molar-refractivity contribution in [1.29, 1.82) is 0 Å². The molecule has 0 aliphatic carbocycles. The molecule has 6 heteroatoms. The molecule has 0 radical (unpaired) electrons. The summed E-state index contributed by atoms with van der Waals surface area (Å²) in [6.45, 7) is 8.71. The average Bonchev–Trinajstić information content (AvgIpc) is 2.94. The number of halogens is 1. The minimum atomic E-state index is -0.250. The molecule has 5 nitrogen and oxygen atoms in total. The van der Waals surface area contributed by atoms with E-state index in [1.54, 1.807) is 6.07 Å². The third-order valence-electron chi connectivity index (χ3n) is 8.13. The van der Waals surface area contributed by atoms with E-state index in [1.165, 1.54) is 30.0 Å². The van der Waals surface area contributed by atoms with Gasteiger partial charge in [0.15, 0.2) is 0 Å². The van der Waals surface area contributed by atoms with Crippen LogP contribution < -0.4 is 10.6 Å². The van der Waals surface area contributed by atoms with E-state index in [9.17, 15) is 9.18 Å². The second-order valence-corrected chi connectivity index (χ2v) is 11.4. The van der Waals surface area contributed by atoms with Crippen molar-refractivity contribution in [3.8, 4) is 11.1 Å². The molecule has 2 aliphatic heterocycles. The number of piperazine rings is 1. The number of amides is 1. The minimum Gasteiger partial charge on any atom is -0.348 e. The van der Waals surface area contributed by atoms with Crippen molar-refractivity contribution in [2.24, 2.45) is 5.92 Å². The van der Waals surface area contributed by atoms with Gasteiger partial charge in [-0.3, -0.25) is 9.69 Å². The number of nitrogens with one attached hydrogen (secondary N) is 2. The summed E-state index contributed by atoms with van der Waals surface area (Å²) in [6.07, 6.45) is 3.43. The molecule has 206 valence electrons. The van der Waals surface area contributed by atoms with E-state index in [2.05, 4.69) is 52.6 Å². The maximum atomic E-state index is 14.9. The molecule has 0 bridgehead atoms. The normalized spacial score (nSPS) is 19.2. The Morgan fingerprint density at radius 2 is 1.77 bits per heavy atom. The number of carbonyl (C=O) groups is 1. The molecule has 0 unspecified atom stereocenters. The van der Waals surface area contributed by atoms with Crippen molar-refractivity contribution in [1.82, 2.24) is 20.4 Å². The van der Waals surface area contributed by atoms with Crippen LogP contribution in [0.1, 0.15) is 46.8 Å².